The van der Waals surface area contributed by atoms with Crippen molar-refractivity contribution in [1.82, 2.24) is 24.2 Å². The van der Waals surface area contributed by atoms with E-state index in [0.717, 1.165) is 23.7 Å². The zero-order valence-corrected chi connectivity index (χ0v) is 16.4. The molecule has 0 atom stereocenters. The number of rotatable bonds is 8. The van der Waals surface area contributed by atoms with Crippen molar-refractivity contribution in [3.63, 3.8) is 0 Å². The molecule has 0 fully saturated rings. The van der Waals surface area contributed by atoms with Crippen LogP contribution in [0.3, 0.4) is 0 Å². The molecular weight excluding hydrogens is 358 g/mol. The third-order valence-corrected chi connectivity index (χ3v) is 4.58. The molecule has 0 saturated carbocycles. The van der Waals surface area contributed by atoms with Crippen LogP contribution < -0.4 is 4.74 Å². The molecule has 3 aromatic rings. The Morgan fingerprint density at radius 2 is 1.89 bits per heavy atom. The normalized spacial score (nSPS) is 10.9. The van der Waals surface area contributed by atoms with Crippen LogP contribution in [0.25, 0.3) is 11.4 Å². The molecule has 0 N–H and O–H groups in total. The molecule has 0 unspecified atom stereocenters. The maximum atomic E-state index is 5.55. The molecule has 1 aromatic carbocycles. The Morgan fingerprint density at radius 3 is 2.56 bits per heavy atom. The molecule has 0 spiro atoms. The van der Waals surface area contributed by atoms with Gasteiger partial charge in [0.1, 0.15) is 12.4 Å². The van der Waals surface area contributed by atoms with Crippen molar-refractivity contribution in [3.8, 4) is 17.1 Å². The van der Waals surface area contributed by atoms with Crippen LogP contribution in [-0.4, -0.2) is 37.9 Å². The number of benzene rings is 1. The van der Waals surface area contributed by atoms with Crippen molar-refractivity contribution in [2.75, 3.05) is 13.7 Å². The monoisotopic (exact) mass is 381 g/mol. The van der Waals surface area contributed by atoms with Crippen molar-refractivity contribution in [2.24, 2.45) is 7.05 Å². The van der Waals surface area contributed by atoms with Gasteiger partial charge in [-0.15, -0.1) is 0 Å². The Hall–Kier alpha value is -2.77. The third-order valence-electron chi connectivity index (χ3n) is 4.10. The molecular formula is C20H23N5OS. The third kappa shape index (κ3) is 4.69. The summed E-state index contributed by atoms with van der Waals surface area (Å²) < 4.78 is 9.96. The second-order valence-electron chi connectivity index (χ2n) is 6.30. The van der Waals surface area contributed by atoms with E-state index in [1.54, 1.807) is 18.5 Å². The topological polar surface area (TPSA) is 48.1 Å². The van der Waals surface area contributed by atoms with Crippen molar-refractivity contribution in [1.29, 1.82) is 0 Å². The molecule has 140 valence electrons. The summed E-state index contributed by atoms with van der Waals surface area (Å²) in [5.74, 6) is 1.68. The minimum Gasteiger partial charge on any atom is -0.490 e. The van der Waals surface area contributed by atoms with Crippen LogP contribution in [0.5, 0.6) is 5.75 Å². The summed E-state index contributed by atoms with van der Waals surface area (Å²) in [5, 5.41) is 4.69. The predicted molar refractivity (Wildman–Crippen MR) is 109 cm³/mol. The lowest BCUT2D eigenvalue weighted by atomic mass is 10.2. The van der Waals surface area contributed by atoms with Gasteiger partial charge in [0.05, 0.1) is 6.67 Å². The van der Waals surface area contributed by atoms with Gasteiger partial charge in [0, 0.05) is 31.5 Å². The van der Waals surface area contributed by atoms with Crippen molar-refractivity contribution in [2.45, 2.75) is 13.2 Å². The highest BCUT2D eigenvalue weighted by molar-refractivity contribution is 7.71. The van der Waals surface area contributed by atoms with E-state index in [0.29, 0.717) is 18.0 Å². The lowest BCUT2D eigenvalue weighted by Gasteiger charge is -2.16. The fourth-order valence-corrected chi connectivity index (χ4v) is 2.95. The Labute approximate surface area is 164 Å². The van der Waals surface area contributed by atoms with Crippen molar-refractivity contribution >= 4 is 12.2 Å². The summed E-state index contributed by atoms with van der Waals surface area (Å²) in [7, 11) is 3.98. The maximum Gasteiger partial charge on any atom is 0.199 e. The molecule has 0 aliphatic rings. The van der Waals surface area contributed by atoms with Crippen LogP contribution >= 0.6 is 12.2 Å². The Balaban J connectivity index is 1.68. The van der Waals surface area contributed by atoms with Crippen LogP contribution in [-0.2, 0) is 20.3 Å². The van der Waals surface area contributed by atoms with E-state index < -0.39 is 0 Å². The number of nitrogens with zero attached hydrogens (tertiary/aromatic N) is 5. The first kappa shape index (κ1) is 19.0. The van der Waals surface area contributed by atoms with E-state index in [1.807, 2.05) is 47.6 Å². The smallest absolute Gasteiger partial charge is 0.199 e. The van der Waals surface area contributed by atoms with E-state index >= 15 is 0 Å². The highest BCUT2D eigenvalue weighted by Gasteiger charge is 2.11. The molecule has 0 aliphatic heterocycles. The number of hydrogen-bond donors (Lipinski definition) is 0. The molecule has 0 radical (unpaired) electrons. The summed E-state index contributed by atoms with van der Waals surface area (Å²) in [5.41, 5.74) is 2.19. The summed E-state index contributed by atoms with van der Waals surface area (Å²) in [6.07, 6.45) is 5.25. The van der Waals surface area contributed by atoms with E-state index in [9.17, 15) is 0 Å². The van der Waals surface area contributed by atoms with E-state index in [4.69, 9.17) is 17.0 Å². The summed E-state index contributed by atoms with van der Waals surface area (Å²) in [6.45, 7) is 5.55. The molecule has 0 bridgehead atoms. The van der Waals surface area contributed by atoms with Gasteiger partial charge in [0.15, 0.2) is 10.6 Å². The van der Waals surface area contributed by atoms with Gasteiger partial charge in [-0.2, -0.15) is 5.10 Å². The second kappa shape index (κ2) is 8.75. The maximum absolute atomic E-state index is 5.55. The van der Waals surface area contributed by atoms with Gasteiger partial charge in [-0.1, -0.05) is 24.8 Å². The van der Waals surface area contributed by atoms with Gasteiger partial charge in [-0.05, 0) is 49.1 Å². The molecule has 27 heavy (non-hydrogen) atoms. The van der Waals surface area contributed by atoms with Gasteiger partial charge in [-0.25, -0.2) is 4.68 Å². The highest BCUT2D eigenvalue weighted by atomic mass is 32.1. The quantitative estimate of drug-likeness (QED) is 0.440. The number of pyridine rings is 1. The Kier molecular flexibility index (Phi) is 6.16. The van der Waals surface area contributed by atoms with Crippen molar-refractivity contribution < 1.29 is 4.74 Å². The minimum absolute atomic E-state index is 0.511. The fourth-order valence-electron chi connectivity index (χ4n) is 2.77. The molecule has 2 heterocycles. The lowest BCUT2D eigenvalue weighted by Crippen LogP contribution is -2.22. The van der Waals surface area contributed by atoms with Crippen LogP contribution in [0.15, 0.2) is 61.4 Å². The molecule has 0 aliphatic carbocycles. The average Bonchev–Trinajstić information content (AvgIpc) is 2.96. The highest BCUT2D eigenvalue weighted by Crippen LogP contribution is 2.17. The summed E-state index contributed by atoms with van der Waals surface area (Å²) >= 11 is 5.55. The number of aromatic nitrogens is 4. The van der Waals surface area contributed by atoms with Gasteiger partial charge >= 0.3 is 0 Å². The molecule has 2 aromatic heterocycles. The number of hydrogen-bond acceptors (Lipinski definition) is 5. The fraction of sp³-hybridized carbons (Fsp3) is 0.250. The molecule has 7 heteroatoms. The summed E-state index contributed by atoms with van der Waals surface area (Å²) in [4.78, 5) is 6.22. The molecule has 6 nitrogen and oxygen atoms in total. The predicted octanol–water partition coefficient (Wildman–Crippen LogP) is 3.67. The van der Waals surface area contributed by atoms with Crippen LogP contribution in [0, 0.1) is 4.77 Å². The zero-order chi connectivity index (χ0) is 19.2. The zero-order valence-electron chi connectivity index (χ0n) is 15.6. The Bertz CT molecular complexity index is 947. The summed E-state index contributed by atoms with van der Waals surface area (Å²) in [6, 6.07) is 11.9. The standard InChI is InChI=1S/C20H23N5OS/c1-4-13-26-18-7-5-16(6-8-18)14-23(2)15-25-20(27)24(3)19(22-25)17-9-11-21-12-10-17/h4-12H,1,13-15H2,2-3H3. The average molecular weight is 382 g/mol. The van der Waals surface area contributed by atoms with Crippen molar-refractivity contribution in [3.05, 3.63) is 71.8 Å². The first-order valence-electron chi connectivity index (χ1n) is 8.64. The number of ether oxygens (including phenoxy) is 1. The van der Waals surface area contributed by atoms with E-state index in [-0.39, 0.29) is 0 Å². The minimum atomic E-state index is 0.511. The molecule has 3 rings (SSSR count). The van der Waals surface area contributed by atoms with E-state index in [1.165, 1.54) is 5.56 Å². The second-order valence-corrected chi connectivity index (χ2v) is 6.66. The first-order valence-corrected chi connectivity index (χ1v) is 9.04. The SMILES string of the molecule is C=CCOc1ccc(CN(C)Cn2nc(-c3ccncc3)n(C)c2=S)cc1. The molecule has 0 saturated heterocycles. The van der Waals surface area contributed by atoms with Gasteiger partial charge in [0.25, 0.3) is 0 Å². The largest absolute Gasteiger partial charge is 0.490 e. The van der Waals surface area contributed by atoms with E-state index in [2.05, 4.69) is 33.7 Å². The van der Waals surface area contributed by atoms with Gasteiger partial charge in [-0.3, -0.25) is 9.88 Å². The van der Waals surface area contributed by atoms with Gasteiger partial charge < -0.3 is 9.30 Å². The van der Waals surface area contributed by atoms with Gasteiger partial charge in [0.2, 0.25) is 0 Å². The van der Waals surface area contributed by atoms with Crippen LogP contribution in [0.1, 0.15) is 5.56 Å². The lowest BCUT2D eigenvalue weighted by molar-refractivity contribution is 0.244. The molecule has 0 amide bonds. The Morgan fingerprint density at radius 1 is 1.19 bits per heavy atom. The van der Waals surface area contributed by atoms with Crippen LogP contribution in [0.2, 0.25) is 0 Å². The first-order chi connectivity index (χ1) is 13.1. The van der Waals surface area contributed by atoms with Crippen LogP contribution in [0.4, 0.5) is 0 Å².